The van der Waals surface area contributed by atoms with E-state index in [0.717, 1.165) is 18.5 Å². The van der Waals surface area contributed by atoms with E-state index in [2.05, 4.69) is 12.2 Å². The van der Waals surface area contributed by atoms with Gasteiger partial charge >= 0.3 is 0 Å². The summed E-state index contributed by atoms with van der Waals surface area (Å²) in [6.45, 7) is 2.09. The molecule has 76 valence electrons. The van der Waals surface area contributed by atoms with Gasteiger partial charge in [-0.2, -0.15) is 0 Å². The standard InChI is InChI=1S/C11H17N3/c1-2-6-10(11(12)13)14-9-7-4-3-5-8-9/h3-5,7-8,10,14H,2,6H2,1H3,(H3,12,13). The molecule has 0 heterocycles. The normalized spacial score (nSPS) is 12.1. The number of nitrogens with one attached hydrogen (secondary N) is 2. The molecule has 0 aromatic heterocycles. The van der Waals surface area contributed by atoms with Crippen LogP contribution in [0.25, 0.3) is 0 Å². The van der Waals surface area contributed by atoms with Gasteiger partial charge in [0.2, 0.25) is 0 Å². The molecule has 0 aliphatic carbocycles. The van der Waals surface area contributed by atoms with E-state index in [1.807, 2.05) is 30.3 Å². The smallest absolute Gasteiger partial charge is 0.113 e. The quantitative estimate of drug-likeness (QED) is 0.493. The van der Waals surface area contributed by atoms with E-state index in [1.165, 1.54) is 0 Å². The van der Waals surface area contributed by atoms with Crippen LogP contribution in [-0.4, -0.2) is 11.9 Å². The summed E-state index contributed by atoms with van der Waals surface area (Å²) in [5, 5.41) is 10.6. The number of hydrogen-bond acceptors (Lipinski definition) is 2. The fourth-order valence-electron chi connectivity index (χ4n) is 1.33. The Labute approximate surface area is 84.8 Å². The Kier molecular flexibility index (Phi) is 3.98. The van der Waals surface area contributed by atoms with Crippen molar-refractivity contribution in [2.75, 3.05) is 5.32 Å². The monoisotopic (exact) mass is 191 g/mol. The van der Waals surface area contributed by atoms with Crippen molar-refractivity contribution in [3.05, 3.63) is 30.3 Å². The number of benzene rings is 1. The number of amidine groups is 1. The largest absolute Gasteiger partial charge is 0.386 e. The number of hydrogen-bond donors (Lipinski definition) is 3. The molecule has 0 aliphatic heterocycles. The zero-order valence-corrected chi connectivity index (χ0v) is 8.46. The lowest BCUT2D eigenvalue weighted by atomic mass is 10.1. The Balaban J connectivity index is 2.60. The minimum atomic E-state index is -0.0394. The molecule has 0 saturated carbocycles. The van der Waals surface area contributed by atoms with Gasteiger partial charge < -0.3 is 11.1 Å². The first-order valence-corrected chi connectivity index (χ1v) is 4.89. The molecule has 1 aromatic carbocycles. The predicted octanol–water partition coefficient (Wildman–Crippen LogP) is 2.20. The Morgan fingerprint density at radius 1 is 1.43 bits per heavy atom. The molecule has 0 bridgehead atoms. The van der Waals surface area contributed by atoms with Crippen molar-refractivity contribution in [2.45, 2.75) is 25.8 Å². The van der Waals surface area contributed by atoms with Gasteiger partial charge in [0.1, 0.15) is 5.84 Å². The minimum absolute atomic E-state index is 0.0394. The zero-order chi connectivity index (χ0) is 10.4. The van der Waals surface area contributed by atoms with Crippen LogP contribution in [0.1, 0.15) is 19.8 Å². The Bertz CT molecular complexity index is 282. The van der Waals surface area contributed by atoms with Gasteiger partial charge in [-0.1, -0.05) is 31.5 Å². The number of para-hydroxylation sites is 1. The molecule has 0 saturated heterocycles. The first-order chi connectivity index (χ1) is 6.74. The van der Waals surface area contributed by atoms with Crippen LogP contribution < -0.4 is 11.1 Å². The molecule has 1 rings (SSSR count). The lowest BCUT2D eigenvalue weighted by Crippen LogP contribution is -2.34. The molecule has 3 nitrogen and oxygen atoms in total. The maximum Gasteiger partial charge on any atom is 0.113 e. The van der Waals surface area contributed by atoms with E-state index < -0.39 is 0 Å². The lowest BCUT2D eigenvalue weighted by Gasteiger charge is -2.17. The summed E-state index contributed by atoms with van der Waals surface area (Å²) >= 11 is 0. The van der Waals surface area contributed by atoms with E-state index >= 15 is 0 Å². The van der Waals surface area contributed by atoms with Gasteiger partial charge in [-0.3, -0.25) is 5.41 Å². The molecule has 0 fully saturated rings. The van der Waals surface area contributed by atoms with Crippen LogP contribution in [0, 0.1) is 5.41 Å². The highest BCUT2D eigenvalue weighted by Crippen LogP contribution is 2.09. The van der Waals surface area contributed by atoms with Crippen LogP contribution in [0.4, 0.5) is 5.69 Å². The van der Waals surface area contributed by atoms with Crippen molar-refractivity contribution in [1.82, 2.24) is 0 Å². The highest BCUT2D eigenvalue weighted by molar-refractivity contribution is 5.85. The second kappa shape index (κ2) is 5.27. The summed E-state index contributed by atoms with van der Waals surface area (Å²) in [6.07, 6.45) is 1.91. The molecule has 1 aromatic rings. The van der Waals surface area contributed by atoms with Crippen LogP contribution in [0.2, 0.25) is 0 Å². The molecular weight excluding hydrogens is 174 g/mol. The lowest BCUT2D eigenvalue weighted by molar-refractivity contribution is 0.757. The summed E-state index contributed by atoms with van der Waals surface area (Å²) < 4.78 is 0. The zero-order valence-electron chi connectivity index (χ0n) is 8.46. The number of anilines is 1. The van der Waals surface area contributed by atoms with Gasteiger partial charge in [-0.15, -0.1) is 0 Å². The van der Waals surface area contributed by atoms with E-state index in [1.54, 1.807) is 0 Å². The predicted molar refractivity (Wildman–Crippen MR) is 60.7 cm³/mol. The third kappa shape index (κ3) is 3.09. The van der Waals surface area contributed by atoms with Crippen LogP contribution in [0.5, 0.6) is 0 Å². The molecule has 4 N–H and O–H groups in total. The second-order valence-corrected chi connectivity index (χ2v) is 3.31. The van der Waals surface area contributed by atoms with Crippen LogP contribution >= 0.6 is 0 Å². The molecule has 0 aliphatic rings. The van der Waals surface area contributed by atoms with Gasteiger partial charge in [0.05, 0.1) is 6.04 Å². The van der Waals surface area contributed by atoms with Crippen LogP contribution in [0.15, 0.2) is 30.3 Å². The highest BCUT2D eigenvalue weighted by atomic mass is 15.0. The average molecular weight is 191 g/mol. The molecule has 14 heavy (non-hydrogen) atoms. The first kappa shape index (κ1) is 10.6. The minimum Gasteiger partial charge on any atom is -0.386 e. The maximum absolute atomic E-state index is 7.42. The van der Waals surface area contributed by atoms with Gasteiger partial charge in [0, 0.05) is 5.69 Å². The molecule has 1 atom stereocenters. The third-order valence-electron chi connectivity index (χ3n) is 2.07. The van der Waals surface area contributed by atoms with E-state index in [-0.39, 0.29) is 11.9 Å². The van der Waals surface area contributed by atoms with Crippen molar-refractivity contribution >= 4 is 11.5 Å². The van der Waals surface area contributed by atoms with Gasteiger partial charge in [-0.05, 0) is 18.6 Å². The number of rotatable bonds is 5. The molecule has 0 spiro atoms. The molecule has 1 unspecified atom stereocenters. The summed E-state index contributed by atoms with van der Waals surface area (Å²) in [5.41, 5.74) is 6.51. The highest BCUT2D eigenvalue weighted by Gasteiger charge is 2.09. The molecule has 3 heteroatoms. The Hall–Kier alpha value is -1.51. The number of nitrogens with two attached hydrogens (primary N) is 1. The SMILES string of the molecule is CCCC(Nc1ccccc1)C(=N)N. The summed E-state index contributed by atoms with van der Waals surface area (Å²) in [6, 6.07) is 9.81. The van der Waals surface area contributed by atoms with Crippen molar-refractivity contribution in [1.29, 1.82) is 5.41 Å². The summed E-state index contributed by atoms with van der Waals surface area (Å²) in [4.78, 5) is 0. The van der Waals surface area contributed by atoms with Crippen molar-refractivity contribution in [2.24, 2.45) is 5.73 Å². The van der Waals surface area contributed by atoms with Crippen LogP contribution in [0.3, 0.4) is 0 Å². The van der Waals surface area contributed by atoms with Gasteiger partial charge in [-0.25, -0.2) is 0 Å². The van der Waals surface area contributed by atoms with Crippen LogP contribution in [-0.2, 0) is 0 Å². The van der Waals surface area contributed by atoms with Gasteiger partial charge in [0.25, 0.3) is 0 Å². The molecule has 0 amide bonds. The average Bonchev–Trinajstić information content (AvgIpc) is 2.18. The first-order valence-electron chi connectivity index (χ1n) is 4.89. The van der Waals surface area contributed by atoms with E-state index in [0.29, 0.717) is 0 Å². The maximum atomic E-state index is 7.42. The van der Waals surface area contributed by atoms with Crippen molar-refractivity contribution in [3.63, 3.8) is 0 Å². The van der Waals surface area contributed by atoms with Crippen molar-refractivity contribution in [3.8, 4) is 0 Å². The fourth-order valence-corrected chi connectivity index (χ4v) is 1.33. The Morgan fingerprint density at radius 3 is 2.57 bits per heavy atom. The topological polar surface area (TPSA) is 61.9 Å². The van der Waals surface area contributed by atoms with Gasteiger partial charge in [0.15, 0.2) is 0 Å². The summed E-state index contributed by atoms with van der Waals surface area (Å²) in [5.74, 6) is 0.204. The van der Waals surface area contributed by atoms with Crippen molar-refractivity contribution < 1.29 is 0 Å². The molecular formula is C11H17N3. The van der Waals surface area contributed by atoms with E-state index in [9.17, 15) is 0 Å². The van der Waals surface area contributed by atoms with E-state index in [4.69, 9.17) is 11.1 Å². The summed E-state index contributed by atoms with van der Waals surface area (Å²) in [7, 11) is 0. The third-order valence-corrected chi connectivity index (χ3v) is 2.07. The molecule has 0 radical (unpaired) electrons. The fraction of sp³-hybridized carbons (Fsp3) is 0.364. The second-order valence-electron chi connectivity index (χ2n) is 3.31. The Morgan fingerprint density at radius 2 is 2.07 bits per heavy atom.